The maximum absolute atomic E-state index is 11.6. The van der Waals surface area contributed by atoms with Crippen molar-refractivity contribution in [2.75, 3.05) is 11.3 Å². The molecule has 0 bridgehead atoms. The molecule has 5 nitrogen and oxygen atoms in total. The highest BCUT2D eigenvalue weighted by molar-refractivity contribution is 7.93. The van der Waals surface area contributed by atoms with Gasteiger partial charge in [0.1, 0.15) is 5.25 Å². The average Bonchev–Trinajstić information content (AvgIpc) is 2.56. The van der Waals surface area contributed by atoms with Crippen molar-refractivity contribution in [1.29, 1.82) is 0 Å². The van der Waals surface area contributed by atoms with Gasteiger partial charge in [0.25, 0.3) is 0 Å². The monoisotopic (exact) mass is 264 g/mol. The van der Waals surface area contributed by atoms with Crippen molar-refractivity contribution in [2.24, 2.45) is 0 Å². The molecule has 0 aliphatic heterocycles. The van der Waals surface area contributed by atoms with Crippen LogP contribution in [0.3, 0.4) is 0 Å². The SMILES string of the molecule is CCc1nc(NS(=O)(=O)C(C)CO)sc1C. The third-order valence-corrected chi connectivity index (χ3v) is 4.99. The summed E-state index contributed by atoms with van der Waals surface area (Å²) in [6, 6.07) is 0. The number of hydrogen-bond acceptors (Lipinski definition) is 5. The first-order chi connectivity index (χ1) is 7.40. The van der Waals surface area contributed by atoms with Gasteiger partial charge in [-0.1, -0.05) is 6.92 Å². The molecule has 0 aliphatic rings. The molecule has 1 aromatic rings. The van der Waals surface area contributed by atoms with Gasteiger partial charge < -0.3 is 5.11 Å². The van der Waals surface area contributed by atoms with Crippen molar-refractivity contribution in [3.63, 3.8) is 0 Å². The molecule has 1 unspecified atom stereocenters. The minimum atomic E-state index is -3.53. The first-order valence-electron chi connectivity index (χ1n) is 4.99. The quantitative estimate of drug-likeness (QED) is 0.835. The van der Waals surface area contributed by atoms with Gasteiger partial charge in [-0.05, 0) is 20.3 Å². The fraction of sp³-hybridized carbons (Fsp3) is 0.667. The molecule has 1 heterocycles. The highest BCUT2D eigenvalue weighted by atomic mass is 32.2. The molecule has 0 spiro atoms. The second-order valence-electron chi connectivity index (χ2n) is 3.52. The number of nitrogens with one attached hydrogen (secondary N) is 1. The number of aliphatic hydroxyl groups is 1. The third kappa shape index (κ3) is 2.93. The van der Waals surface area contributed by atoms with Crippen molar-refractivity contribution >= 4 is 26.5 Å². The lowest BCUT2D eigenvalue weighted by Gasteiger charge is -2.09. The maximum atomic E-state index is 11.6. The fourth-order valence-electron chi connectivity index (χ4n) is 1.12. The molecule has 0 amide bonds. The van der Waals surface area contributed by atoms with Crippen molar-refractivity contribution in [3.05, 3.63) is 10.6 Å². The Bertz CT molecular complexity index is 453. The number of nitrogens with zero attached hydrogens (tertiary/aromatic N) is 1. The van der Waals surface area contributed by atoms with E-state index in [1.54, 1.807) is 0 Å². The van der Waals surface area contributed by atoms with Crippen molar-refractivity contribution in [2.45, 2.75) is 32.4 Å². The van der Waals surface area contributed by atoms with Crippen molar-refractivity contribution in [3.8, 4) is 0 Å². The zero-order valence-corrected chi connectivity index (χ0v) is 11.2. The van der Waals surface area contributed by atoms with Crippen LogP contribution in [0, 0.1) is 6.92 Å². The van der Waals surface area contributed by atoms with Gasteiger partial charge in [0, 0.05) is 4.88 Å². The molecule has 16 heavy (non-hydrogen) atoms. The summed E-state index contributed by atoms with van der Waals surface area (Å²) in [5.74, 6) is 0. The number of hydrogen-bond donors (Lipinski definition) is 2. The Kier molecular flexibility index (Phi) is 4.28. The lowest BCUT2D eigenvalue weighted by molar-refractivity contribution is 0.296. The highest BCUT2D eigenvalue weighted by Crippen LogP contribution is 2.23. The Morgan fingerprint density at radius 1 is 1.56 bits per heavy atom. The number of aryl methyl sites for hydroxylation is 2. The van der Waals surface area contributed by atoms with Crippen LogP contribution in [0.25, 0.3) is 0 Å². The first kappa shape index (κ1) is 13.4. The van der Waals surface area contributed by atoms with Crippen molar-refractivity contribution in [1.82, 2.24) is 4.98 Å². The summed E-state index contributed by atoms with van der Waals surface area (Å²) in [4.78, 5) is 5.19. The number of thiazole rings is 1. The molecule has 0 saturated carbocycles. The van der Waals surface area contributed by atoms with Crippen LogP contribution in [0.5, 0.6) is 0 Å². The van der Waals surface area contributed by atoms with Gasteiger partial charge in [0.05, 0.1) is 12.3 Å². The van der Waals surface area contributed by atoms with E-state index in [0.29, 0.717) is 5.13 Å². The number of aliphatic hydroxyl groups excluding tert-OH is 1. The van der Waals surface area contributed by atoms with Crippen LogP contribution in [0.2, 0.25) is 0 Å². The molecule has 92 valence electrons. The first-order valence-corrected chi connectivity index (χ1v) is 7.35. The molecule has 0 aromatic carbocycles. The molecule has 0 radical (unpaired) electrons. The van der Waals surface area contributed by atoms with E-state index in [1.807, 2.05) is 13.8 Å². The van der Waals surface area contributed by atoms with Crippen LogP contribution in [0.1, 0.15) is 24.4 Å². The Hall–Kier alpha value is -0.660. The summed E-state index contributed by atoms with van der Waals surface area (Å²) < 4.78 is 25.7. The predicted molar refractivity (Wildman–Crippen MR) is 65.3 cm³/mol. The lowest BCUT2D eigenvalue weighted by atomic mass is 10.3. The van der Waals surface area contributed by atoms with Crippen LogP contribution in [0.4, 0.5) is 5.13 Å². The van der Waals surface area contributed by atoms with E-state index in [4.69, 9.17) is 5.11 Å². The second kappa shape index (κ2) is 5.11. The second-order valence-corrected chi connectivity index (χ2v) is 6.82. The summed E-state index contributed by atoms with van der Waals surface area (Å²) >= 11 is 1.31. The Labute approximate surface area is 99.6 Å². The van der Waals surface area contributed by atoms with Crippen LogP contribution >= 0.6 is 11.3 Å². The summed E-state index contributed by atoms with van der Waals surface area (Å²) in [6.07, 6.45) is 0.777. The Balaban J connectivity index is 2.88. The van der Waals surface area contributed by atoms with E-state index in [0.717, 1.165) is 17.0 Å². The van der Waals surface area contributed by atoms with Crippen LogP contribution in [-0.2, 0) is 16.4 Å². The largest absolute Gasteiger partial charge is 0.395 e. The molecular weight excluding hydrogens is 248 g/mol. The molecule has 2 N–H and O–H groups in total. The van der Waals surface area contributed by atoms with Gasteiger partial charge in [0.2, 0.25) is 10.0 Å². The number of anilines is 1. The van der Waals surface area contributed by atoms with Gasteiger partial charge in [0.15, 0.2) is 5.13 Å². The Morgan fingerprint density at radius 2 is 2.19 bits per heavy atom. The number of aromatic nitrogens is 1. The third-order valence-electron chi connectivity index (χ3n) is 2.24. The van der Waals surface area contributed by atoms with E-state index in [9.17, 15) is 8.42 Å². The molecule has 0 fully saturated rings. The Morgan fingerprint density at radius 3 is 2.62 bits per heavy atom. The average molecular weight is 264 g/mol. The maximum Gasteiger partial charge on any atom is 0.239 e. The van der Waals surface area contributed by atoms with Crippen LogP contribution < -0.4 is 4.72 Å². The van der Waals surface area contributed by atoms with E-state index in [1.165, 1.54) is 18.3 Å². The summed E-state index contributed by atoms with van der Waals surface area (Å²) in [5, 5.41) is 8.36. The fourth-order valence-corrected chi connectivity index (χ4v) is 3.08. The summed E-state index contributed by atoms with van der Waals surface area (Å²) in [7, 11) is -3.53. The molecular formula is C9H16N2O3S2. The van der Waals surface area contributed by atoms with E-state index in [2.05, 4.69) is 9.71 Å². The number of rotatable bonds is 5. The van der Waals surface area contributed by atoms with E-state index >= 15 is 0 Å². The highest BCUT2D eigenvalue weighted by Gasteiger charge is 2.21. The van der Waals surface area contributed by atoms with Crippen LogP contribution in [-0.4, -0.2) is 30.4 Å². The summed E-state index contributed by atoms with van der Waals surface area (Å²) in [5.41, 5.74) is 0.902. The summed E-state index contributed by atoms with van der Waals surface area (Å²) in [6.45, 7) is 4.92. The smallest absolute Gasteiger partial charge is 0.239 e. The normalized spacial score (nSPS) is 13.8. The lowest BCUT2D eigenvalue weighted by Crippen LogP contribution is -2.28. The van der Waals surface area contributed by atoms with Crippen molar-refractivity contribution < 1.29 is 13.5 Å². The molecule has 0 saturated heterocycles. The predicted octanol–water partition coefficient (Wildman–Crippen LogP) is 1.14. The van der Waals surface area contributed by atoms with Gasteiger partial charge in [-0.3, -0.25) is 4.72 Å². The van der Waals surface area contributed by atoms with Gasteiger partial charge >= 0.3 is 0 Å². The van der Waals surface area contributed by atoms with E-state index < -0.39 is 21.9 Å². The van der Waals surface area contributed by atoms with E-state index in [-0.39, 0.29) is 0 Å². The molecule has 1 atom stereocenters. The van der Waals surface area contributed by atoms with Gasteiger partial charge in [-0.25, -0.2) is 13.4 Å². The topological polar surface area (TPSA) is 79.3 Å². The zero-order chi connectivity index (χ0) is 12.3. The minimum absolute atomic E-state index is 0.370. The number of sulfonamides is 1. The molecule has 1 rings (SSSR count). The minimum Gasteiger partial charge on any atom is -0.395 e. The van der Waals surface area contributed by atoms with Gasteiger partial charge in [-0.2, -0.15) is 0 Å². The van der Waals surface area contributed by atoms with Gasteiger partial charge in [-0.15, -0.1) is 11.3 Å². The zero-order valence-electron chi connectivity index (χ0n) is 9.52. The molecule has 1 aromatic heterocycles. The van der Waals surface area contributed by atoms with Crippen LogP contribution in [0.15, 0.2) is 0 Å². The molecule has 0 aliphatic carbocycles. The standard InChI is InChI=1S/C9H16N2O3S2/c1-4-8-7(3)15-9(10-8)11-16(13,14)6(2)5-12/h6,12H,4-5H2,1-3H3,(H,10,11). The molecule has 7 heteroatoms.